The average Bonchev–Trinajstić information content (AvgIpc) is 3.46. The molecule has 4 aromatic rings. The van der Waals surface area contributed by atoms with Crippen molar-refractivity contribution in [3.05, 3.63) is 72.2 Å². The third-order valence-corrected chi connectivity index (χ3v) is 5.03. The first kappa shape index (κ1) is 15.8. The molecule has 1 aliphatic rings. The maximum atomic E-state index is 13.1. The van der Waals surface area contributed by atoms with Gasteiger partial charge in [-0.15, -0.1) is 0 Å². The van der Waals surface area contributed by atoms with Gasteiger partial charge in [-0.3, -0.25) is 4.79 Å². The van der Waals surface area contributed by atoms with Crippen LogP contribution in [0.1, 0.15) is 35.3 Å². The molecule has 6 nitrogen and oxygen atoms in total. The number of benzene rings is 2. The molecule has 1 fully saturated rings. The van der Waals surface area contributed by atoms with E-state index in [9.17, 15) is 4.79 Å². The summed E-state index contributed by atoms with van der Waals surface area (Å²) >= 11 is 0. The Morgan fingerprint density at radius 2 is 1.93 bits per heavy atom. The Bertz CT molecular complexity index is 1070. The molecule has 2 aromatic carbocycles. The lowest BCUT2D eigenvalue weighted by atomic mass is 10.2. The first-order valence-electron chi connectivity index (χ1n) is 9.07. The van der Waals surface area contributed by atoms with E-state index in [0.717, 1.165) is 29.3 Å². The molecule has 5 rings (SSSR count). The second kappa shape index (κ2) is 6.39. The number of carbonyl (C=O) groups excluding carboxylic acids is 1. The number of rotatable bonds is 3. The number of hydrogen-bond donors (Lipinski definition) is 1. The summed E-state index contributed by atoms with van der Waals surface area (Å²) < 4.78 is 5.51. The zero-order valence-corrected chi connectivity index (χ0v) is 14.6. The van der Waals surface area contributed by atoms with E-state index in [0.29, 0.717) is 24.0 Å². The van der Waals surface area contributed by atoms with E-state index >= 15 is 0 Å². The number of aromatic nitrogens is 3. The summed E-state index contributed by atoms with van der Waals surface area (Å²) in [5, 5.41) is 5.13. The first-order valence-corrected chi connectivity index (χ1v) is 9.07. The Kier molecular flexibility index (Phi) is 3.74. The highest BCUT2D eigenvalue weighted by atomic mass is 16.5. The lowest BCUT2D eigenvalue weighted by molar-refractivity contribution is 0.0705. The molecule has 27 heavy (non-hydrogen) atoms. The number of H-pyrrole nitrogens is 1. The van der Waals surface area contributed by atoms with Crippen LogP contribution in [0.4, 0.5) is 0 Å². The van der Waals surface area contributed by atoms with Crippen molar-refractivity contribution in [2.75, 3.05) is 6.54 Å². The Morgan fingerprint density at radius 3 is 2.78 bits per heavy atom. The number of amides is 1. The van der Waals surface area contributed by atoms with Gasteiger partial charge in [-0.1, -0.05) is 53.7 Å². The number of fused-ring (bicyclic) bond motifs is 1. The van der Waals surface area contributed by atoms with Crippen LogP contribution < -0.4 is 0 Å². The zero-order chi connectivity index (χ0) is 18.2. The summed E-state index contributed by atoms with van der Waals surface area (Å²) in [5.74, 6) is 1.01. The second-order valence-electron chi connectivity index (χ2n) is 6.75. The van der Waals surface area contributed by atoms with Crippen molar-refractivity contribution in [3.8, 4) is 11.4 Å². The number of aromatic amines is 1. The largest absolute Gasteiger partial charge is 0.351 e. The van der Waals surface area contributed by atoms with Gasteiger partial charge in [0.15, 0.2) is 0 Å². The van der Waals surface area contributed by atoms with Crippen LogP contribution >= 0.6 is 0 Å². The molecule has 3 heterocycles. The van der Waals surface area contributed by atoms with Gasteiger partial charge in [0.1, 0.15) is 11.7 Å². The summed E-state index contributed by atoms with van der Waals surface area (Å²) in [6, 6.07) is 19.3. The summed E-state index contributed by atoms with van der Waals surface area (Å²) in [4.78, 5) is 22.7. The molecule has 0 radical (unpaired) electrons. The van der Waals surface area contributed by atoms with Gasteiger partial charge < -0.3 is 14.4 Å². The summed E-state index contributed by atoms with van der Waals surface area (Å²) in [6.07, 6.45) is 1.74. The fourth-order valence-corrected chi connectivity index (χ4v) is 3.68. The summed E-state index contributed by atoms with van der Waals surface area (Å²) in [6.45, 7) is 0.682. The Morgan fingerprint density at radius 1 is 1.11 bits per heavy atom. The molecule has 1 aliphatic heterocycles. The molecule has 0 saturated carbocycles. The lowest BCUT2D eigenvalue weighted by Crippen LogP contribution is -2.31. The summed E-state index contributed by atoms with van der Waals surface area (Å²) in [7, 11) is 0. The predicted molar refractivity (Wildman–Crippen MR) is 101 cm³/mol. The standard InChI is InChI=1S/C21H18N4O2/c26-21(17-13-15-9-4-5-10-16(15)22-17)25-12-6-11-18(25)20-23-19(24-27-20)14-7-2-1-3-8-14/h1-5,7-10,13,18,22H,6,11-12H2/t18-/m0/s1. The second-order valence-corrected chi connectivity index (χ2v) is 6.75. The highest BCUT2D eigenvalue weighted by molar-refractivity contribution is 5.98. The molecule has 0 spiro atoms. The fraction of sp³-hybridized carbons (Fsp3) is 0.190. The number of nitrogens with zero attached hydrogens (tertiary/aromatic N) is 3. The van der Waals surface area contributed by atoms with Crippen molar-refractivity contribution in [1.29, 1.82) is 0 Å². The Hall–Kier alpha value is -3.41. The minimum Gasteiger partial charge on any atom is -0.351 e. The van der Waals surface area contributed by atoms with E-state index in [-0.39, 0.29) is 11.9 Å². The number of carbonyl (C=O) groups is 1. The molecule has 1 N–H and O–H groups in total. The number of hydrogen-bond acceptors (Lipinski definition) is 4. The van der Waals surface area contributed by atoms with Crippen molar-refractivity contribution in [2.45, 2.75) is 18.9 Å². The van der Waals surface area contributed by atoms with Gasteiger partial charge in [-0.25, -0.2) is 0 Å². The molecular weight excluding hydrogens is 340 g/mol. The molecule has 1 saturated heterocycles. The Labute approximate surface area is 155 Å². The van der Waals surface area contributed by atoms with E-state index in [1.807, 2.05) is 65.6 Å². The number of para-hydroxylation sites is 1. The van der Waals surface area contributed by atoms with E-state index in [1.54, 1.807) is 0 Å². The normalized spacial score (nSPS) is 16.9. The fourth-order valence-electron chi connectivity index (χ4n) is 3.68. The van der Waals surface area contributed by atoms with Gasteiger partial charge in [0.25, 0.3) is 5.91 Å². The topological polar surface area (TPSA) is 75.0 Å². The molecule has 134 valence electrons. The number of likely N-dealkylation sites (tertiary alicyclic amines) is 1. The van der Waals surface area contributed by atoms with Crippen LogP contribution in [-0.2, 0) is 0 Å². The Balaban J connectivity index is 1.43. The molecule has 0 bridgehead atoms. The minimum absolute atomic E-state index is 0.0341. The van der Waals surface area contributed by atoms with E-state index in [2.05, 4.69) is 15.1 Å². The van der Waals surface area contributed by atoms with Crippen molar-refractivity contribution < 1.29 is 9.32 Å². The van der Waals surface area contributed by atoms with E-state index in [4.69, 9.17) is 4.52 Å². The highest BCUT2D eigenvalue weighted by Gasteiger charge is 2.35. The third kappa shape index (κ3) is 2.79. The minimum atomic E-state index is -0.186. The molecule has 0 unspecified atom stereocenters. The lowest BCUT2D eigenvalue weighted by Gasteiger charge is -2.21. The van der Waals surface area contributed by atoms with Gasteiger partial charge in [-0.2, -0.15) is 4.98 Å². The van der Waals surface area contributed by atoms with Gasteiger partial charge >= 0.3 is 0 Å². The zero-order valence-electron chi connectivity index (χ0n) is 14.6. The quantitative estimate of drug-likeness (QED) is 0.596. The SMILES string of the molecule is O=C(c1cc2ccccc2[nH]1)N1CCC[C@H]1c1nc(-c2ccccc2)no1. The van der Waals surface area contributed by atoms with E-state index in [1.165, 1.54) is 0 Å². The molecule has 1 atom stereocenters. The molecule has 2 aromatic heterocycles. The van der Waals surface area contributed by atoms with Crippen LogP contribution in [0.15, 0.2) is 65.2 Å². The van der Waals surface area contributed by atoms with Crippen LogP contribution in [-0.4, -0.2) is 32.5 Å². The van der Waals surface area contributed by atoms with Gasteiger partial charge in [0.05, 0.1) is 0 Å². The van der Waals surface area contributed by atoms with Crippen LogP contribution in [0.3, 0.4) is 0 Å². The maximum Gasteiger partial charge on any atom is 0.270 e. The maximum absolute atomic E-state index is 13.1. The van der Waals surface area contributed by atoms with Crippen LogP contribution in [0.5, 0.6) is 0 Å². The van der Waals surface area contributed by atoms with Crippen LogP contribution in [0, 0.1) is 0 Å². The van der Waals surface area contributed by atoms with Crippen molar-refractivity contribution in [2.24, 2.45) is 0 Å². The van der Waals surface area contributed by atoms with E-state index < -0.39 is 0 Å². The number of nitrogens with one attached hydrogen (secondary N) is 1. The van der Waals surface area contributed by atoms with Gasteiger partial charge in [0, 0.05) is 23.0 Å². The van der Waals surface area contributed by atoms with Crippen LogP contribution in [0.25, 0.3) is 22.3 Å². The third-order valence-electron chi connectivity index (χ3n) is 5.03. The smallest absolute Gasteiger partial charge is 0.270 e. The molecular formula is C21H18N4O2. The first-order chi connectivity index (χ1) is 13.3. The monoisotopic (exact) mass is 358 g/mol. The highest BCUT2D eigenvalue weighted by Crippen LogP contribution is 2.33. The molecule has 6 heteroatoms. The predicted octanol–water partition coefficient (Wildman–Crippen LogP) is 4.20. The molecule has 0 aliphatic carbocycles. The average molecular weight is 358 g/mol. The van der Waals surface area contributed by atoms with Crippen molar-refractivity contribution >= 4 is 16.8 Å². The van der Waals surface area contributed by atoms with Gasteiger partial charge in [-0.05, 0) is 25.0 Å². The van der Waals surface area contributed by atoms with Gasteiger partial charge in [0.2, 0.25) is 11.7 Å². The summed E-state index contributed by atoms with van der Waals surface area (Å²) in [5.41, 5.74) is 2.45. The molecule has 1 amide bonds. The van der Waals surface area contributed by atoms with Crippen LogP contribution in [0.2, 0.25) is 0 Å². The van der Waals surface area contributed by atoms with Crippen molar-refractivity contribution in [1.82, 2.24) is 20.0 Å². The van der Waals surface area contributed by atoms with Crippen molar-refractivity contribution in [3.63, 3.8) is 0 Å².